The van der Waals surface area contributed by atoms with Crippen LogP contribution >= 0.6 is 12.4 Å². The zero-order valence-corrected chi connectivity index (χ0v) is 16.3. The lowest BCUT2D eigenvalue weighted by atomic mass is 10.1. The molecule has 1 aromatic carbocycles. The molecule has 0 spiro atoms. The third kappa shape index (κ3) is 4.22. The van der Waals surface area contributed by atoms with Gasteiger partial charge in [0, 0.05) is 24.3 Å². The smallest absolute Gasteiger partial charge is 0.123 e. The summed E-state index contributed by atoms with van der Waals surface area (Å²) in [5, 5.41) is 4.44. The number of nitrogens with zero attached hydrogens (tertiary/aromatic N) is 5. The van der Waals surface area contributed by atoms with Crippen molar-refractivity contribution in [2.75, 3.05) is 19.6 Å². The first-order valence-corrected chi connectivity index (χ1v) is 9.30. The summed E-state index contributed by atoms with van der Waals surface area (Å²) in [5.41, 5.74) is 2.93. The second kappa shape index (κ2) is 8.67. The molecule has 0 aliphatic carbocycles. The molecule has 1 fully saturated rings. The summed E-state index contributed by atoms with van der Waals surface area (Å²) in [6.07, 6.45) is 11.3. The molecule has 4 rings (SSSR count). The Kier molecular flexibility index (Phi) is 6.29. The van der Waals surface area contributed by atoms with E-state index in [0.29, 0.717) is 6.04 Å². The average molecular weight is 390 g/mol. The Morgan fingerprint density at radius 1 is 1.11 bits per heavy atom. The van der Waals surface area contributed by atoms with Crippen LogP contribution in [0.1, 0.15) is 32.2 Å². The van der Waals surface area contributed by atoms with Crippen LogP contribution in [0.4, 0.5) is 4.39 Å². The van der Waals surface area contributed by atoms with Gasteiger partial charge in [-0.05, 0) is 56.6 Å². The first-order chi connectivity index (χ1) is 12.7. The van der Waals surface area contributed by atoms with Crippen molar-refractivity contribution in [3.63, 3.8) is 0 Å². The second-order valence-corrected chi connectivity index (χ2v) is 6.91. The van der Waals surface area contributed by atoms with Crippen LogP contribution in [-0.4, -0.2) is 43.9 Å². The molecule has 1 aliphatic rings. The Bertz CT molecular complexity index is 851. The minimum Gasteiger partial charge on any atom is -0.326 e. The highest BCUT2D eigenvalue weighted by atomic mass is 35.5. The van der Waals surface area contributed by atoms with Gasteiger partial charge in [-0.3, -0.25) is 0 Å². The van der Waals surface area contributed by atoms with E-state index in [1.807, 2.05) is 24.9 Å². The van der Waals surface area contributed by atoms with Crippen LogP contribution in [-0.2, 0) is 0 Å². The second-order valence-electron chi connectivity index (χ2n) is 6.91. The quantitative estimate of drug-likeness (QED) is 0.629. The number of hydrogen-bond donors (Lipinski definition) is 0. The predicted molar refractivity (Wildman–Crippen MR) is 107 cm³/mol. The van der Waals surface area contributed by atoms with E-state index in [1.165, 1.54) is 38.1 Å². The lowest BCUT2D eigenvalue weighted by Gasteiger charge is -2.25. The maximum Gasteiger partial charge on any atom is 0.123 e. The summed E-state index contributed by atoms with van der Waals surface area (Å²) in [7, 11) is 0. The van der Waals surface area contributed by atoms with Crippen LogP contribution in [0.15, 0.2) is 49.2 Å². The first kappa shape index (κ1) is 19.6. The van der Waals surface area contributed by atoms with Crippen LogP contribution in [0.5, 0.6) is 0 Å². The van der Waals surface area contributed by atoms with Gasteiger partial charge in [-0.2, -0.15) is 5.10 Å². The average Bonchev–Trinajstić information content (AvgIpc) is 3.40. The van der Waals surface area contributed by atoms with E-state index < -0.39 is 0 Å². The number of halogens is 2. The molecule has 27 heavy (non-hydrogen) atoms. The van der Waals surface area contributed by atoms with Crippen molar-refractivity contribution in [1.82, 2.24) is 24.2 Å². The van der Waals surface area contributed by atoms with E-state index >= 15 is 0 Å². The van der Waals surface area contributed by atoms with Gasteiger partial charge in [-0.15, -0.1) is 12.4 Å². The van der Waals surface area contributed by atoms with Crippen molar-refractivity contribution >= 4 is 12.4 Å². The lowest BCUT2D eigenvalue weighted by Crippen LogP contribution is -2.28. The van der Waals surface area contributed by atoms with E-state index in [0.717, 1.165) is 29.9 Å². The molecule has 144 valence electrons. The normalized spacial score (nSPS) is 15.6. The number of rotatable bonds is 6. The maximum atomic E-state index is 13.1. The van der Waals surface area contributed by atoms with Gasteiger partial charge in [0.05, 0.1) is 30.1 Å². The van der Waals surface area contributed by atoms with Crippen LogP contribution in [0.25, 0.3) is 16.9 Å². The summed E-state index contributed by atoms with van der Waals surface area (Å²) < 4.78 is 17.2. The fourth-order valence-corrected chi connectivity index (χ4v) is 3.69. The van der Waals surface area contributed by atoms with Crippen molar-refractivity contribution in [3.8, 4) is 16.9 Å². The van der Waals surface area contributed by atoms with Gasteiger partial charge >= 0.3 is 0 Å². The summed E-state index contributed by atoms with van der Waals surface area (Å²) in [6.45, 7) is 5.68. The van der Waals surface area contributed by atoms with Crippen molar-refractivity contribution in [2.24, 2.45) is 0 Å². The summed E-state index contributed by atoms with van der Waals surface area (Å²) in [6, 6.07) is 6.76. The molecule has 1 saturated heterocycles. The summed E-state index contributed by atoms with van der Waals surface area (Å²) in [5.74, 6) is -0.244. The van der Waals surface area contributed by atoms with Gasteiger partial charge in [0.1, 0.15) is 5.82 Å². The van der Waals surface area contributed by atoms with E-state index in [-0.39, 0.29) is 18.2 Å². The van der Waals surface area contributed by atoms with Crippen molar-refractivity contribution in [3.05, 3.63) is 55.0 Å². The Morgan fingerprint density at radius 2 is 1.85 bits per heavy atom. The molecule has 0 radical (unpaired) electrons. The Balaban J connectivity index is 0.00000210. The highest BCUT2D eigenvalue weighted by Crippen LogP contribution is 2.26. The van der Waals surface area contributed by atoms with Crippen molar-refractivity contribution in [2.45, 2.75) is 32.2 Å². The molecule has 3 aromatic rings. The van der Waals surface area contributed by atoms with Crippen molar-refractivity contribution < 1.29 is 4.39 Å². The fourth-order valence-electron chi connectivity index (χ4n) is 3.69. The van der Waals surface area contributed by atoms with Crippen LogP contribution in [0, 0.1) is 5.82 Å². The number of likely N-dealkylation sites (tertiary alicyclic amines) is 1. The van der Waals surface area contributed by atoms with Crippen LogP contribution < -0.4 is 0 Å². The molecular weight excluding hydrogens is 365 g/mol. The largest absolute Gasteiger partial charge is 0.326 e. The topological polar surface area (TPSA) is 38.9 Å². The number of aromatic nitrogens is 4. The standard InChI is InChI=1S/C20H24FN5.ClH/c1-2-18(14-24-9-3-4-10-24)25-15-22-12-20(25)16-11-23-26(13-16)19-7-5-17(21)6-8-19;/h5-8,11-13,15,18H,2-4,9-10,14H2,1H3;1H. The van der Waals surface area contributed by atoms with E-state index in [1.54, 1.807) is 16.8 Å². The zero-order chi connectivity index (χ0) is 17.9. The van der Waals surface area contributed by atoms with E-state index in [4.69, 9.17) is 0 Å². The Hall–Kier alpha value is -2.18. The van der Waals surface area contributed by atoms with Gasteiger partial charge in [0.15, 0.2) is 0 Å². The third-order valence-electron chi connectivity index (χ3n) is 5.17. The Labute approximate surface area is 165 Å². The SMILES string of the molecule is CCC(CN1CCCC1)n1cncc1-c1cnn(-c2ccc(F)cc2)c1.Cl. The summed E-state index contributed by atoms with van der Waals surface area (Å²) >= 11 is 0. The molecule has 0 amide bonds. The molecule has 7 heteroatoms. The molecule has 1 aliphatic heterocycles. The fraction of sp³-hybridized carbons (Fsp3) is 0.400. The maximum absolute atomic E-state index is 13.1. The monoisotopic (exact) mass is 389 g/mol. The molecule has 2 aromatic heterocycles. The Morgan fingerprint density at radius 3 is 2.56 bits per heavy atom. The molecule has 1 atom stereocenters. The molecular formula is C20H25ClFN5. The highest BCUT2D eigenvalue weighted by Gasteiger charge is 2.20. The first-order valence-electron chi connectivity index (χ1n) is 9.30. The van der Waals surface area contributed by atoms with Gasteiger partial charge in [-0.1, -0.05) is 6.92 Å². The van der Waals surface area contributed by atoms with Gasteiger partial charge in [0.25, 0.3) is 0 Å². The van der Waals surface area contributed by atoms with Crippen LogP contribution in [0.2, 0.25) is 0 Å². The van der Waals surface area contributed by atoms with Gasteiger partial charge in [0.2, 0.25) is 0 Å². The minimum absolute atomic E-state index is 0. The molecule has 5 nitrogen and oxygen atoms in total. The lowest BCUT2D eigenvalue weighted by molar-refractivity contribution is 0.273. The minimum atomic E-state index is -0.244. The summed E-state index contributed by atoms with van der Waals surface area (Å²) in [4.78, 5) is 6.93. The molecule has 0 N–H and O–H groups in total. The van der Waals surface area contributed by atoms with E-state index in [2.05, 4.69) is 26.5 Å². The number of benzene rings is 1. The molecule has 3 heterocycles. The number of imidazole rings is 1. The van der Waals surface area contributed by atoms with Gasteiger partial charge in [-0.25, -0.2) is 14.1 Å². The van der Waals surface area contributed by atoms with Crippen LogP contribution in [0.3, 0.4) is 0 Å². The predicted octanol–water partition coefficient (Wildman–Crippen LogP) is 4.34. The molecule has 0 saturated carbocycles. The molecule has 0 bridgehead atoms. The van der Waals surface area contributed by atoms with Crippen molar-refractivity contribution in [1.29, 1.82) is 0 Å². The van der Waals surface area contributed by atoms with E-state index in [9.17, 15) is 4.39 Å². The highest BCUT2D eigenvalue weighted by molar-refractivity contribution is 5.85. The molecule has 1 unspecified atom stereocenters. The van der Waals surface area contributed by atoms with Gasteiger partial charge < -0.3 is 9.47 Å². The third-order valence-corrected chi connectivity index (χ3v) is 5.17. The number of hydrogen-bond acceptors (Lipinski definition) is 3. The zero-order valence-electron chi connectivity index (χ0n) is 15.5.